The number of anilines is 1. The minimum atomic E-state index is -0.313. The molecule has 6 heteroatoms. The van der Waals surface area contributed by atoms with Gasteiger partial charge in [-0.2, -0.15) is 0 Å². The lowest BCUT2D eigenvalue weighted by Gasteiger charge is -2.08. The maximum Gasteiger partial charge on any atom is 0.291 e. The first kappa shape index (κ1) is 17.3. The lowest BCUT2D eigenvalue weighted by Crippen LogP contribution is -2.10. The molecule has 0 unspecified atom stereocenters. The Kier molecular flexibility index (Phi) is 4.89. The number of amides is 1. The number of carbonyl (C=O) groups is 1. The molecule has 27 heavy (non-hydrogen) atoms. The summed E-state index contributed by atoms with van der Waals surface area (Å²) in [7, 11) is 0. The lowest BCUT2D eigenvalue weighted by molar-refractivity contribution is 0.0998. The Bertz CT molecular complexity index is 1090. The van der Waals surface area contributed by atoms with Crippen molar-refractivity contribution in [3.05, 3.63) is 88.9 Å². The maximum absolute atomic E-state index is 12.5. The number of carbonyl (C=O) groups excluding carboxylic acids is 1. The highest BCUT2D eigenvalue weighted by molar-refractivity contribution is 9.10. The third kappa shape index (κ3) is 4.17. The number of ether oxygens (including phenoxy) is 1. The van der Waals surface area contributed by atoms with Gasteiger partial charge in [0.05, 0.1) is 0 Å². The standard InChI is InChI=1S/C21H15BrN2O3/c22-16-6-7-19-15(9-16)10-20(27-19)21(25)24-17-4-1-5-18(11-17)26-13-14-3-2-8-23-12-14/h1-12H,13H2,(H,24,25). The second-order valence-electron chi connectivity index (χ2n) is 5.92. The van der Waals surface area contributed by atoms with Crippen LogP contribution in [0.4, 0.5) is 5.69 Å². The zero-order chi connectivity index (χ0) is 18.6. The van der Waals surface area contributed by atoms with E-state index in [9.17, 15) is 4.79 Å². The Morgan fingerprint density at radius 1 is 1.11 bits per heavy atom. The summed E-state index contributed by atoms with van der Waals surface area (Å²) >= 11 is 3.41. The Hall–Kier alpha value is -3.12. The molecule has 0 spiro atoms. The number of hydrogen-bond donors (Lipinski definition) is 1. The molecular weight excluding hydrogens is 408 g/mol. The van der Waals surface area contributed by atoms with E-state index in [0.29, 0.717) is 23.6 Å². The zero-order valence-corrected chi connectivity index (χ0v) is 15.8. The van der Waals surface area contributed by atoms with Gasteiger partial charge in [0.15, 0.2) is 5.76 Å². The van der Waals surface area contributed by atoms with Crippen molar-refractivity contribution in [2.24, 2.45) is 0 Å². The van der Waals surface area contributed by atoms with Gasteiger partial charge in [0.2, 0.25) is 0 Å². The van der Waals surface area contributed by atoms with Gasteiger partial charge in [-0.3, -0.25) is 9.78 Å². The van der Waals surface area contributed by atoms with Crippen LogP contribution in [0.1, 0.15) is 16.1 Å². The molecule has 1 amide bonds. The summed E-state index contributed by atoms with van der Waals surface area (Å²) in [6, 6.07) is 18.4. The predicted octanol–water partition coefficient (Wildman–Crippen LogP) is 5.42. The Labute approximate surface area is 164 Å². The molecule has 0 bridgehead atoms. The molecule has 0 aliphatic carbocycles. The van der Waals surface area contributed by atoms with Gasteiger partial charge in [-0.1, -0.05) is 28.1 Å². The third-order valence-electron chi connectivity index (χ3n) is 3.92. The van der Waals surface area contributed by atoms with Crippen molar-refractivity contribution in [3.8, 4) is 5.75 Å². The van der Waals surface area contributed by atoms with Crippen molar-refractivity contribution in [2.75, 3.05) is 5.32 Å². The largest absolute Gasteiger partial charge is 0.489 e. The Morgan fingerprint density at radius 3 is 2.89 bits per heavy atom. The summed E-state index contributed by atoms with van der Waals surface area (Å²) < 4.78 is 12.3. The summed E-state index contributed by atoms with van der Waals surface area (Å²) in [6.07, 6.45) is 3.47. The molecule has 4 aromatic rings. The number of pyridine rings is 1. The quantitative estimate of drug-likeness (QED) is 0.466. The second kappa shape index (κ2) is 7.63. The molecule has 2 aromatic carbocycles. The van der Waals surface area contributed by atoms with E-state index in [0.717, 1.165) is 15.4 Å². The molecule has 134 valence electrons. The third-order valence-corrected chi connectivity index (χ3v) is 4.42. The fourth-order valence-corrected chi connectivity index (χ4v) is 3.01. The number of fused-ring (bicyclic) bond motifs is 1. The normalized spacial score (nSPS) is 10.7. The highest BCUT2D eigenvalue weighted by atomic mass is 79.9. The second-order valence-corrected chi connectivity index (χ2v) is 6.84. The molecule has 5 nitrogen and oxygen atoms in total. The van der Waals surface area contributed by atoms with Crippen LogP contribution >= 0.6 is 15.9 Å². The number of benzene rings is 2. The monoisotopic (exact) mass is 422 g/mol. The minimum absolute atomic E-state index is 0.254. The van der Waals surface area contributed by atoms with Crippen LogP contribution in [-0.4, -0.2) is 10.9 Å². The molecular formula is C21H15BrN2O3. The van der Waals surface area contributed by atoms with E-state index in [4.69, 9.17) is 9.15 Å². The van der Waals surface area contributed by atoms with Crippen LogP contribution in [0.15, 0.2) is 81.9 Å². The van der Waals surface area contributed by atoms with Crippen molar-refractivity contribution in [1.29, 1.82) is 0 Å². The molecule has 0 saturated heterocycles. The van der Waals surface area contributed by atoms with Crippen LogP contribution in [0.2, 0.25) is 0 Å². The number of aromatic nitrogens is 1. The fourth-order valence-electron chi connectivity index (χ4n) is 2.63. The number of halogens is 1. The van der Waals surface area contributed by atoms with Gasteiger partial charge in [0, 0.05) is 39.6 Å². The van der Waals surface area contributed by atoms with Crippen LogP contribution in [0.5, 0.6) is 5.75 Å². The molecule has 2 heterocycles. The number of rotatable bonds is 5. The van der Waals surface area contributed by atoms with Gasteiger partial charge in [0.1, 0.15) is 17.9 Å². The topological polar surface area (TPSA) is 64.4 Å². The smallest absolute Gasteiger partial charge is 0.291 e. The molecule has 0 saturated carbocycles. The van der Waals surface area contributed by atoms with Crippen molar-refractivity contribution in [2.45, 2.75) is 6.61 Å². The first-order valence-electron chi connectivity index (χ1n) is 8.29. The van der Waals surface area contributed by atoms with Crippen molar-refractivity contribution < 1.29 is 13.9 Å². The van der Waals surface area contributed by atoms with Crippen LogP contribution in [0, 0.1) is 0 Å². The Morgan fingerprint density at radius 2 is 2.04 bits per heavy atom. The molecule has 4 rings (SSSR count). The molecule has 0 fully saturated rings. The van der Waals surface area contributed by atoms with Gasteiger partial charge in [0.25, 0.3) is 5.91 Å². The molecule has 1 N–H and O–H groups in total. The van der Waals surface area contributed by atoms with E-state index in [1.807, 2.05) is 42.5 Å². The minimum Gasteiger partial charge on any atom is -0.489 e. The summed E-state index contributed by atoms with van der Waals surface area (Å²) in [5, 5.41) is 3.70. The predicted molar refractivity (Wildman–Crippen MR) is 107 cm³/mol. The summed E-state index contributed by atoms with van der Waals surface area (Å²) in [5.41, 5.74) is 2.27. The number of hydrogen-bond acceptors (Lipinski definition) is 4. The van der Waals surface area contributed by atoms with E-state index in [1.165, 1.54) is 0 Å². The zero-order valence-electron chi connectivity index (χ0n) is 14.2. The highest BCUT2D eigenvalue weighted by Crippen LogP contribution is 2.24. The first-order valence-corrected chi connectivity index (χ1v) is 9.09. The number of nitrogens with one attached hydrogen (secondary N) is 1. The molecule has 2 aromatic heterocycles. The summed E-state index contributed by atoms with van der Waals surface area (Å²) in [5.74, 6) is 0.599. The van der Waals surface area contributed by atoms with E-state index < -0.39 is 0 Å². The number of furan rings is 1. The summed E-state index contributed by atoms with van der Waals surface area (Å²) in [6.45, 7) is 0.406. The average molecular weight is 423 g/mol. The van der Waals surface area contributed by atoms with Gasteiger partial charge in [-0.25, -0.2) is 0 Å². The van der Waals surface area contributed by atoms with Gasteiger partial charge in [-0.15, -0.1) is 0 Å². The van der Waals surface area contributed by atoms with E-state index in [-0.39, 0.29) is 11.7 Å². The number of nitrogens with zero attached hydrogens (tertiary/aromatic N) is 1. The van der Waals surface area contributed by atoms with E-state index in [1.54, 1.807) is 30.6 Å². The molecule has 0 radical (unpaired) electrons. The van der Waals surface area contributed by atoms with E-state index in [2.05, 4.69) is 26.2 Å². The van der Waals surface area contributed by atoms with Gasteiger partial charge < -0.3 is 14.5 Å². The van der Waals surface area contributed by atoms with Crippen molar-refractivity contribution >= 4 is 38.5 Å². The van der Waals surface area contributed by atoms with E-state index >= 15 is 0 Å². The summed E-state index contributed by atoms with van der Waals surface area (Å²) in [4.78, 5) is 16.6. The average Bonchev–Trinajstić information content (AvgIpc) is 3.11. The van der Waals surface area contributed by atoms with Gasteiger partial charge >= 0.3 is 0 Å². The van der Waals surface area contributed by atoms with Crippen LogP contribution in [0.25, 0.3) is 11.0 Å². The molecule has 0 aliphatic heterocycles. The fraction of sp³-hybridized carbons (Fsp3) is 0.0476. The van der Waals surface area contributed by atoms with Crippen molar-refractivity contribution in [1.82, 2.24) is 4.98 Å². The molecule has 0 atom stereocenters. The van der Waals surface area contributed by atoms with Gasteiger partial charge in [-0.05, 0) is 42.5 Å². The Balaban J connectivity index is 1.46. The lowest BCUT2D eigenvalue weighted by atomic mass is 10.2. The van der Waals surface area contributed by atoms with Crippen LogP contribution in [-0.2, 0) is 6.61 Å². The maximum atomic E-state index is 12.5. The SMILES string of the molecule is O=C(Nc1cccc(OCc2cccnc2)c1)c1cc2cc(Br)ccc2o1. The highest BCUT2D eigenvalue weighted by Gasteiger charge is 2.13. The molecule has 0 aliphatic rings. The van der Waals surface area contributed by atoms with Crippen LogP contribution < -0.4 is 10.1 Å². The van der Waals surface area contributed by atoms with Crippen molar-refractivity contribution in [3.63, 3.8) is 0 Å². The first-order chi connectivity index (χ1) is 13.2. The van der Waals surface area contributed by atoms with Crippen LogP contribution in [0.3, 0.4) is 0 Å².